The van der Waals surface area contributed by atoms with E-state index in [0.29, 0.717) is 36.4 Å². The van der Waals surface area contributed by atoms with Gasteiger partial charge in [0.1, 0.15) is 11.6 Å². The zero-order chi connectivity index (χ0) is 25.6. The van der Waals surface area contributed by atoms with Gasteiger partial charge in [-0.05, 0) is 56.5 Å². The number of hydrogen-bond donors (Lipinski definition) is 4. The van der Waals surface area contributed by atoms with Crippen LogP contribution in [0.4, 0.5) is 16.2 Å². The third-order valence-corrected chi connectivity index (χ3v) is 5.29. The summed E-state index contributed by atoms with van der Waals surface area (Å²) in [6.07, 6.45) is 2.37. The van der Waals surface area contributed by atoms with Gasteiger partial charge in [-0.1, -0.05) is 36.4 Å². The zero-order valence-electron chi connectivity index (χ0n) is 20.0. The lowest BCUT2D eigenvalue weighted by Crippen LogP contribution is -2.33. The molecule has 3 rings (SSSR count). The van der Waals surface area contributed by atoms with Gasteiger partial charge in [0.25, 0.3) is 0 Å². The average Bonchev–Trinajstić information content (AvgIpc) is 3.18. The van der Waals surface area contributed by atoms with E-state index in [1.54, 1.807) is 80.3 Å². The van der Waals surface area contributed by atoms with E-state index in [9.17, 15) is 24.6 Å². The Balaban J connectivity index is 1.63. The third-order valence-electron chi connectivity index (χ3n) is 5.29. The summed E-state index contributed by atoms with van der Waals surface area (Å²) in [7, 11) is 0. The molecule has 1 heterocycles. The summed E-state index contributed by atoms with van der Waals surface area (Å²) in [5.74, 6) is -1.37. The molecule has 9 nitrogen and oxygen atoms in total. The fourth-order valence-corrected chi connectivity index (χ4v) is 3.76. The standard InChI is InChI=1S/C26H31N3O6/c1-26(2,3)35-25(34)28-21-7-5-4-6-20(21)27-22(31)13-10-17-8-11-18(12-9-17)23(24(32)33)29-15-14-19(30)16-29/h4-13,19,23,30H,14-16H2,1-3H3,(H,27,31)(H,28,34)(H,32,33)/b13-10+/t19-,23?/m0/s1. The molecule has 0 saturated carbocycles. The molecular formula is C26H31N3O6. The predicted molar refractivity (Wildman–Crippen MR) is 133 cm³/mol. The minimum absolute atomic E-state index is 0.322. The first-order valence-corrected chi connectivity index (χ1v) is 11.3. The van der Waals surface area contributed by atoms with Crippen molar-refractivity contribution in [1.82, 2.24) is 4.90 Å². The van der Waals surface area contributed by atoms with Crippen LogP contribution in [-0.2, 0) is 14.3 Å². The first-order chi connectivity index (χ1) is 16.5. The van der Waals surface area contributed by atoms with Crippen LogP contribution in [0.3, 0.4) is 0 Å². The highest BCUT2D eigenvalue weighted by atomic mass is 16.6. The van der Waals surface area contributed by atoms with Gasteiger partial charge in [-0.3, -0.25) is 19.8 Å². The van der Waals surface area contributed by atoms with Gasteiger partial charge >= 0.3 is 12.1 Å². The monoisotopic (exact) mass is 481 g/mol. The number of nitrogens with one attached hydrogen (secondary N) is 2. The molecule has 2 aromatic carbocycles. The van der Waals surface area contributed by atoms with E-state index in [4.69, 9.17) is 4.74 Å². The second-order valence-electron chi connectivity index (χ2n) is 9.34. The van der Waals surface area contributed by atoms with E-state index in [-0.39, 0.29) is 0 Å². The first kappa shape index (κ1) is 25.9. The van der Waals surface area contributed by atoms with E-state index in [2.05, 4.69) is 10.6 Å². The lowest BCUT2D eigenvalue weighted by atomic mass is 10.0. The van der Waals surface area contributed by atoms with E-state index in [1.165, 1.54) is 6.08 Å². The number of amides is 2. The number of nitrogens with zero attached hydrogens (tertiary/aromatic N) is 1. The minimum Gasteiger partial charge on any atom is -0.480 e. The van der Waals surface area contributed by atoms with Gasteiger partial charge in [-0.15, -0.1) is 0 Å². The fraction of sp³-hybridized carbons (Fsp3) is 0.346. The summed E-state index contributed by atoms with van der Waals surface area (Å²) in [5.41, 5.74) is 1.49. The molecule has 9 heteroatoms. The smallest absolute Gasteiger partial charge is 0.412 e. The number of aliphatic hydroxyl groups is 1. The number of para-hydroxylation sites is 2. The molecule has 0 radical (unpaired) electrons. The molecule has 1 saturated heterocycles. The Labute approximate surface area is 204 Å². The zero-order valence-corrected chi connectivity index (χ0v) is 20.0. The summed E-state index contributed by atoms with van der Waals surface area (Å²) < 4.78 is 5.26. The molecule has 1 unspecified atom stereocenters. The van der Waals surface area contributed by atoms with Gasteiger partial charge in [0, 0.05) is 19.2 Å². The Morgan fingerprint density at radius 2 is 1.69 bits per heavy atom. The Kier molecular flexibility index (Phi) is 8.26. The number of rotatable bonds is 7. The molecule has 0 aromatic heterocycles. The maximum absolute atomic E-state index is 12.5. The Bertz CT molecular complexity index is 1090. The molecule has 0 spiro atoms. The van der Waals surface area contributed by atoms with E-state index in [0.717, 1.165) is 5.56 Å². The van der Waals surface area contributed by atoms with Crippen LogP contribution in [0.1, 0.15) is 44.4 Å². The number of carboxylic acid groups (broad SMARTS) is 1. The van der Waals surface area contributed by atoms with Crippen LogP contribution in [0.15, 0.2) is 54.6 Å². The van der Waals surface area contributed by atoms with Crippen molar-refractivity contribution in [2.45, 2.75) is 44.9 Å². The van der Waals surface area contributed by atoms with Gasteiger partial charge in [0.15, 0.2) is 0 Å². The quantitative estimate of drug-likeness (QED) is 0.442. The Hall–Kier alpha value is -3.69. The van der Waals surface area contributed by atoms with Crippen molar-refractivity contribution >= 4 is 35.4 Å². The van der Waals surface area contributed by atoms with Crippen molar-refractivity contribution in [3.63, 3.8) is 0 Å². The van der Waals surface area contributed by atoms with Crippen molar-refractivity contribution in [3.05, 3.63) is 65.7 Å². The summed E-state index contributed by atoms with van der Waals surface area (Å²) in [6.45, 7) is 6.12. The second kappa shape index (κ2) is 11.2. The summed E-state index contributed by atoms with van der Waals surface area (Å²) in [6, 6.07) is 12.8. The van der Waals surface area contributed by atoms with Crippen LogP contribution < -0.4 is 10.6 Å². The topological polar surface area (TPSA) is 128 Å². The average molecular weight is 482 g/mol. The minimum atomic E-state index is -0.972. The van der Waals surface area contributed by atoms with Crippen molar-refractivity contribution < 1.29 is 29.3 Å². The molecule has 1 aliphatic heterocycles. The number of hydrogen-bond acceptors (Lipinski definition) is 6. The lowest BCUT2D eigenvalue weighted by molar-refractivity contribution is -0.143. The van der Waals surface area contributed by atoms with E-state index < -0.39 is 35.7 Å². The highest BCUT2D eigenvalue weighted by Gasteiger charge is 2.32. The number of carbonyl (C=O) groups excluding carboxylic acids is 2. The molecule has 4 N–H and O–H groups in total. The van der Waals surface area contributed by atoms with Crippen LogP contribution in [-0.4, -0.2) is 57.9 Å². The number of benzene rings is 2. The van der Waals surface area contributed by atoms with Gasteiger partial charge in [-0.25, -0.2) is 4.79 Å². The molecule has 0 bridgehead atoms. The van der Waals surface area contributed by atoms with Gasteiger partial charge in [0.05, 0.1) is 17.5 Å². The molecule has 0 aliphatic carbocycles. The molecule has 35 heavy (non-hydrogen) atoms. The number of ether oxygens (including phenoxy) is 1. The number of carbonyl (C=O) groups is 3. The van der Waals surface area contributed by atoms with Crippen LogP contribution in [0.5, 0.6) is 0 Å². The Morgan fingerprint density at radius 1 is 1.06 bits per heavy atom. The SMILES string of the molecule is CC(C)(C)OC(=O)Nc1ccccc1NC(=O)/C=C/c1ccc(C(C(=O)O)N2CC[C@H](O)C2)cc1. The van der Waals surface area contributed by atoms with Crippen molar-refractivity contribution in [1.29, 1.82) is 0 Å². The second-order valence-corrected chi connectivity index (χ2v) is 9.34. The van der Waals surface area contributed by atoms with Crippen molar-refractivity contribution in [2.75, 3.05) is 23.7 Å². The largest absolute Gasteiger partial charge is 0.480 e. The van der Waals surface area contributed by atoms with Crippen LogP contribution in [0.2, 0.25) is 0 Å². The predicted octanol–water partition coefficient (Wildman–Crippen LogP) is 3.88. The van der Waals surface area contributed by atoms with Crippen molar-refractivity contribution in [3.8, 4) is 0 Å². The fourth-order valence-electron chi connectivity index (χ4n) is 3.76. The number of β-amino-alcohol motifs (C(OH)–C–C–N with tert-alkyl or cyclic N) is 1. The number of anilines is 2. The number of carboxylic acids is 1. The molecule has 186 valence electrons. The number of aliphatic carboxylic acids is 1. The maximum atomic E-state index is 12.5. The highest BCUT2D eigenvalue weighted by molar-refractivity contribution is 6.05. The lowest BCUT2D eigenvalue weighted by Gasteiger charge is -2.24. The van der Waals surface area contributed by atoms with Gasteiger partial charge < -0.3 is 20.3 Å². The van der Waals surface area contributed by atoms with Crippen molar-refractivity contribution in [2.24, 2.45) is 0 Å². The summed E-state index contributed by atoms with van der Waals surface area (Å²) >= 11 is 0. The number of aliphatic hydroxyl groups excluding tert-OH is 1. The van der Waals surface area contributed by atoms with E-state index >= 15 is 0 Å². The Morgan fingerprint density at radius 3 is 2.23 bits per heavy atom. The molecule has 2 aromatic rings. The van der Waals surface area contributed by atoms with Crippen LogP contribution in [0.25, 0.3) is 6.08 Å². The summed E-state index contributed by atoms with van der Waals surface area (Å²) in [5, 5.41) is 24.8. The van der Waals surface area contributed by atoms with Gasteiger partial charge in [-0.2, -0.15) is 0 Å². The maximum Gasteiger partial charge on any atom is 0.412 e. The third kappa shape index (κ3) is 7.66. The van der Waals surface area contributed by atoms with Crippen LogP contribution in [0, 0.1) is 0 Å². The molecule has 2 atom stereocenters. The summed E-state index contributed by atoms with van der Waals surface area (Å²) in [4.78, 5) is 38.1. The number of likely N-dealkylation sites (tertiary alicyclic amines) is 1. The molecule has 1 fully saturated rings. The molecule has 2 amide bonds. The first-order valence-electron chi connectivity index (χ1n) is 11.3. The molecular weight excluding hydrogens is 450 g/mol. The van der Waals surface area contributed by atoms with Gasteiger partial charge in [0.2, 0.25) is 5.91 Å². The normalized spacial score (nSPS) is 17.2. The van der Waals surface area contributed by atoms with E-state index in [1.807, 2.05) is 0 Å². The van der Waals surface area contributed by atoms with Crippen LogP contribution >= 0.6 is 0 Å². The molecule has 1 aliphatic rings. The highest BCUT2D eigenvalue weighted by Crippen LogP contribution is 2.26.